The van der Waals surface area contributed by atoms with Crippen molar-refractivity contribution >= 4 is 34.8 Å². The Hall–Kier alpha value is -0.340. The van der Waals surface area contributed by atoms with Crippen molar-refractivity contribution in [1.82, 2.24) is 0 Å². The summed E-state index contributed by atoms with van der Waals surface area (Å²) >= 11 is 17.0. The van der Waals surface area contributed by atoms with Gasteiger partial charge in [0.25, 0.3) is 0 Å². The molecule has 0 heterocycles. The fourth-order valence-electron chi connectivity index (χ4n) is 1.07. The SMILES string of the molecule is [N-]=[N+]=NC(C1=CC=CC1)C(Cl)(Cl)Cl. The number of hydrogen-bond acceptors (Lipinski definition) is 1. The van der Waals surface area contributed by atoms with Gasteiger partial charge in [-0.1, -0.05) is 63.7 Å². The molecule has 0 spiro atoms. The molecule has 1 aliphatic carbocycles. The minimum absolute atomic E-state index is 0.664. The summed E-state index contributed by atoms with van der Waals surface area (Å²) < 4.78 is -1.58. The summed E-state index contributed by atoms with van der Waals surface area (Å²) in [6.07, 6.45) is 6.20. The molecule has 1 rings (SSSR count). The third kappa shape index (κ3) is 2.82. The number of halogens is 3. The molecule has 1 atom stereocenters. The van der Waals surface area contributed by atoms with Gasteiger partial charge in [-0.15, -0.1) is 0 Å². The first-order chi connectivity index (χ1) is 6.05. The predicted octanol–water partition coefficient (Wildman–Crippen LogP) is 3.92. The second-order valence-corrected chi connectivity index (χ2v) is 4.89. The highest BCUT2D eigenvalue weighted by Gasteiger charge is 2.34. The van der Waals surface area contributed by atoms with Crippen molar-refractivity contribution in [3.63, 3.8) is 0 Å². The quantitative estimate of drug-likeness (QED) is 0.303. The summed E-state index contributed by atoms with van der Waals surface area (Å²) in [6.45, 7) is 0. The lowest BCUT2D eigenvalue weighted by Crippen LogP contribution is -2.24. The molecule has 6 heteroatoms. The number of alkyl halides is 3. The van der Waals surface area contributed by atoms with Gasteiger partial charge in [-0.3, -0.25) is 0 Å². The van der Waals surface area contributed by atoms with E-state index in [9.17, 15) is 0 Å². The Bertz CT molecular complexity index is 297. The van der Waals surface area contributed by atoms with E-state index in [4.69, 9.17) is 40.3 Å². The zero-order valence-corrected chi connectivity index (χ0v) is 8.76. The van der Waals surface area contributed by atoms with E-state index in [1.807, 2.05) is 12.2 Å². The summed E-state index contributed by atoms with van der Waals surface area (Å²) in [5.41, 5.74) is 9.11. The molecule has 1 aliphatic rings. The molecule has 0 amide bonds. The lowest BCUT2D eigenvalue weighted by molar-refractivity contribution is 0.769. The van der Waals surface area contributed by atoms with Crippen molar-refractivity contribution in [2.75, 3.05) is 0 Å². The van der Waals surface area contributed by atoms with Crippen LogP contribution >= 0.6 is 34.8 Å². The van der Waals surface area contributed by atoms with E-state index in [1.165, 1.54) is 0 Å². The van der Waals surface area contributed by atoms with Crippen LogP contribution in [0.5, 0.6) is 0 Å². The van der Waals surface area contributed by atoms with E-state index in [0.717, 1.165) is 5.57 Å². The molecule has 13 heavy (non-hydrogen) atoms. The molecule has 0 aromatic rings. The van der Waals surface area contributed by atoms with Crippen molar-refractivity contribution in [2.45, 2.75) is 16.3 Å². The van der Waals surface area contributed by atoms with Crippen molar-refractivity contribution in [1.29, 1.82) is 0 Å². The van der Waals surface area contributed by atoms with Crippen LogP contribution in [0.1, 0.15) is 6.42 Å². The zero-order chi connectivity index (χ0) is 9.90. The maximum absolute atomic E-state index is 8.30. The minimum atomic E-state index is -1.58. The number of hydrogen-bond donors (Lipinski definition) is 0. The van der Waals surface area contributed by atoms with Gasteiger partial charge in [-0.2, -0.15) is 0 Å². The van der Waals surface area contributed by atoms with Gasteiger partial charge in [-0.05, 0) is 12.0 Å². The summed E-state index contributed by atoms with van der Waals surface area (Å²) in [4.78, 5) is 2.65. The van der Waals surface area contributed by atoms with Crippen LogP contribution in [-0.2, 0) is 0 Å². The van der Waals surface area contributed by atoms with Gasteiger partial charge in [0.15, 0.2) is 0 Å². The Morgan fingerprint density at radius 2 is 2.23 bits per heavy atom. The normalized spacial score (nSPS) is 17.9. The van der Waals surface area contributed by atoms with E-state index < -0.39 is 9.83 Å². The molecule has 0 fully saturated rings. The first kappa shape index (κ1) is 10.7. The van der Waals surface area contributed by atoms with Gasteiger partial charge >= 0.3 is 0 Å². The van der Waals surface area contributed by atoms with Crippen LogP contribution in [0.25, 0.3) is 10.4 Å². The fourth-order valence-corrected chi connectivity index (χ4v) is 1.62. The number of rotatable bonds is 2. The molecule has 70 valence electrons. The monoisotopic (exact) mass is 237 g/mol. The first-order valence-corrected chi connectivity index (χ1v) is 4.65. The number of nitrogens with zero attached hydrogens (tertiary/aromatic N) is 3. The van der Waals surface area contributed by atoms with Crippen molar-refractivity contribution in [3.05, 3.63) is 34.2 Å². The molecule has 0 N–H and O–H groups in total. The maximum atomic E-state index is 8.30. The first-order valence-electron chi connectivity index (χ1n) is 3.52. The molecule has 3 nitrogen and oxygen atoms in total. The van der Waals surface area contributed by atoms with Crippen LogP contribution in [0.15, 0.2) is 28.9 Å². The van der Waals surface area contributed by atoms with Crippen LogP contribution < -0.4 is 0 Å². The molecule has 0 bridgehead atoms. The van der Waals surface area contributed by atoms with Crippen molar-refractivity contribution in [3.8, 4) is 0 Å². The summed E-state index contributed by atoms with van der Waals surface area (Å²) in [7, 11) is 0. The Balaban J connectivity index is 2.86. The lowest BCUT2D eigenvalue weighted by Gasteiger charge is -2.20. The summed E-state index contributed by atoms with van der Waals surface area (Å²) in [5, 5.41) is 3.45. The average Bonchev–Trinajstić information content (AvgIpc) is 2.49. The summed E-state index contributed by atoms with van der Waals surface area (Å²) in [5.74, 6) is 0. The van der Waals surface area contributed by atoms with E-state index in [2.05, 4.69) is 10.0 Å². The average molecular weight is 239 g/mol. The number of allylic oxidation sites excluding steroid dienone is 3. The third-order valence-electron chi connectivity index (χ3n) is 1.63. The van der Waals surface area contributed by atoms with Gasteiger partial charge in [0.2, 0.25) is 3.79 Å². The highest BCUT2D eigenvalue weighted by Crippen LogP contribution is 2.38. The van der Waals surface area contributed by atoms with Gasteiger partial charge in [0, 0.05) is 4.91 Å². The van der Waals surface area contributed by atoms with Gasteiger partial charge in [-0.25, -0.2) is 0 Å². The Morgan fingerprint density at radius 3 is 2.62 bits per heavy atom. The van der Waals surface area contributed by atoms with Crippen LogP contribution in [0.4, 0.5) is 0 Å². The Labute approximate surface area is 90.6 Å². The van der Waals surface area contributed by atoms with E-state index in [0.29, 0.717) is 6.42 Å². The Kier molecular flexibility index (Phi) is 3.51. The molecule has 0 aromatic carbocycles. The third-order valence-corrected chi connectivity index (χ3v) is 2.25. The van der Waals surface area contributed by atoms with Crippen LogP contribution in [0.2, 0.25) is 0 Å². The van der Waals surface area contributed by atoms with Gasteiger partial charge in [0.05, 0.1) is 0 Å². The van der Waals surface area contributed by atoms with Crippen LogP contribution in [0.3, 0.4) is 0 Å². The smallest absolute Gasteiger partial charge is 0.0829 e. The predicted molar refractivity (Wildman–Crippen MR) is 55.1 cm³/mol. The molecular weight excluding hydrogens is 232 g/mol. The molecule has 0 aliphatic heterocycles. The second kappa shape index (κ2) is 4.25. The second-order valence-electron chi connectivity index (χ2n) is 2.52. The molecule has 1 unspecified atom stereocenters. The number of azide groups is 1. The molecule has 0 saturated carbocycles. The largest absolute Gasteiger partial charge is 0.202 e. The van der Waals surface area contributed by atoms with Crippen molar-refractivity contribution in [2.24, 2.45) is 5.11 Å². The zero-order valence-electron chi connectivity index (χ0n) is 6.49. The highest BCUT2D eigenvalue weighted by molar-refractivity contribution is 6.68. The van der Waals surface area contributed by atoms with Gasteiger partial charge < -0.3 is 0 Å². The lowest BCUT2D eigenvalue weighted by atomic mass is 10.1. The van der Waals surface area contributed by atoms with Crippen LogP contribution in [-0.4, -0.2) is 9.83 Å². The molecule has 0 radical (unpaired) electrons. The topological polar surface area (TPSA) is 48.8 Å². The van der Waals surface area contributed by atoms with E-state index >= 15 is 0 Å². The minimum Gasteiger partial charge on any atom is -0.0829 e. The molecule has 0 saturated heterocycles. The fraction of sp³-hybridized carbons (Fsp3) is 0.429. The molecular formula is C7H6Cl3N3. The van der Waals surface area contributed by atoms with Crippen molar-refractivity contribution < 1.29 is 0 Å². The molecule has 0 aromatic heterocycles. The van der Waals surface area contributed by atoms with Crippen LogP contribution in [0, 0.1) is 0 Å². The standard InChI is InChI=1S/C7H6Cl3N3/c8-7(9,10)6(12-13-11)5-3-1-2-4-5/h1-3,6H,4H2. The highest BCUT2D eigenvalue weighted by atomic mass is 35.6. The summed E-state index contributed by atoms with van der Waals surface area (Å²) in [6, 6.07) is -0.725. The van der Waals surface area contributed by atoms with E-state index in [1.54, 1.807) is 6.08 Å². The Morgan fingerprint density at radius 1 is 1.54 bits per heavy atom. The van der Waals surface area contributed by atoms with Gasteiger partial charge in [0.1, 0.15) is 6.04 Å². The van der Waals surface area contributed by atoms with E-state index in [-0.39, 0.29) is 0 Å². The maximum Gasteiger partial charge on any atom is 0.202 e.